The van der Waals surface area contributed by atoms with Gasteiger partial charge in [-0.1, -0.05) is 24.6 Å². The van der Waals surface area contributed by atoms with Crippen molar-refractivity contribution in [2.75, 3.05) is 6.54 Å². The second-order valence-corrected chi connectivity index (χ2v) is 5.08. The van der Waals surface area contributed by atoms with Crippen molar-refractivity contribution in [2.24, 2.45) is 16.9 Å². The molecule has 1 aromatic heterocycles. The van der Waals surface area contributed by atoms with Crippen LogP contribution in [-0.4, -0.2) is 6.54 Å². The van der Waals surface area contributed by atoms with Gasteiger partial charge in [-0.2, -0.15) is 0 Å². The lowest BCUT2D eigenvalue weighted by atomic mass is 9.63. The van der Waals surface area contributed by atoms with Gasteiger partial charge in [-0.25, -0.2) is 0 Å². The highest BCUT2D eigenvalue weighted by atomic mass is 16.3. The molecule has 0 amide bonds. The Kier molecular flexibility index (Phi) is 2.45. The van der Waals surface area contributed by atoms with Crippen LogP contribution in [0.3, 0.4) is 0 Å². The number of para-hydroxylation sites is 1. The molecule has 17 heavy (non-hydrogen) atoms. The van der Waals surface area contributed by atoms with Gasteiger partial charge in [0.15, 0.2) is 0 Å². The Bertz CT molecular complexity index is 522. The number of benzene rings is 1. The molecule has 1 aliphatic carbocycles. The summed E-state index contributed by atoms with van der Waals surface area (Å²) >= 11 is 0. The van der Waals surface area contributed by atoms with Crippen molar-refractivity contribution in [1.82, 2.24) is 0 Å². The topological polar surface area (TPSA) is 65.2 Å². The van der Waals surface area contributed by atoms with E-state index in [2.05, 4.69) is 6.07 Å². The number of hydrogen-bond acceptors (Lipinski definition) is 3. The van der Waals surface area contributed by atoms with E-state index in [9.17, 15) is 0 Å². The van der Waals surface area contributed by atoms with Crippen molar-refractivity contribution in [3.05, 3.63) is 36.1 Å². The van der Waals surface area contributed by atoms with Crippen molar-refractivity contribution in [2.45, 2.75) is 25.3 Å². The number of nitrogens with two attached hydrogens (primary N) is 2. The van der Waals surface area contributed by atoms with E-state index in [1.807, 2.05) is 18.2 Å². The molecule has 0 aliphatic heterocycles. The number of hydrogen-bond donors (Lipinski definition) is 2. The molecule has 1 atom stereocenters. The smallest absolute Gasteiger partial charge is 0.134 e. The fourth-order valence-electron chi connectivity index (χ4n) is 2.84. The zero-order chi connectivity index (χ0) is 11.9. The summed E-state index contributed by atoms with van der Waals surface area (Å²) < 4.78 is 5.56. The molecule has 0 spiro atoms. The first-order valence-electron chi connectivity index (χ1n) is 6.19. The van der Waals surface area contributed by atoms with Crippen LogP contribution in [0.4, 0.5) is 0 Å². The van der Waals surface area contributed by atoms with Crippen LogP contribution in [0, 0.1) is 5.41 Å². The molecule has 1 fully saturated rings. The predicted octanol–water partition coefficient (Wildman–Crippen LogP) is 2.56. The van der Waals surface area contributed by atoms with E-state index in [4.69, 9.17) is 15.9 Å². The standard InChI is InChI=1S/C14H18N2O/c15-9-14(6-3-7-14)13(16)11-8-17-12-5-2-1-4-10(11)12/h1-2,4-5,8,13H,3,6-7,9,15-16H2. The Balaban J connectivity index is 2.03. The normalized spacial score (nSPS) is 20.1. The lowest BCUT2D eigenvalue weighted by Crippen LogP contribution is -2.45. The first-order valence-corrected chi connectivity index (χ1v) is 6.19. The monoisotopic (exact) mass is 230 g/mol. The maximum atomic E-state index is 6.42. The van der Waals surface area contributed by atoms with Crippen molar-refractivity contribution in [3.63, 3.8) is 0 Å². The van der Waals surface area contributed by atoms with Crippen LogP contribution in [0.2, 0.25) is 0 Å². The van der Waals surface area contributed by atoms with E-state index in [1.165, 1.54) is 6.42 Å². The molecule has 1 aromatic carbocycles. The van der Waals surface area contributed by atoms with Gasteiger partial charge in [-0.15, -0.1) is 0 Å². The lowest BCUT2D eigenvalue weighted by Gasteiger charge is -2.45. The molecular formula is C14H18N2O. The zero-order valence-electron chi connectivity index (χ0n) is 9.86. The van der Waals surface area contributed by atoms with Gasteiger partial charge in [0.05, 0.1) is 6.26 Å². The summed E-state index contributed by atoms with van der Waals surface area (Å²) in [6.07, 6.45) is 5.29. The molecule has 3 heteroatoms. The summed E-state index contributed by atoms with van der Waals surface area (Å²) in [4.78, 5) is 0. The van der Waals surface area contributed by atoms with Crippen molar-refractivity contribution < 1.29 is 4.42 Å². The summed E-state index contributed by atoms with van der Waals surface area (Å²) in [6.45, 7) is 0.660. The van der Waals surface area contributed by atoms with E-state index in [0.717, 1.165) is 29.4 Å². The molecule has 1 saturated carbocycles. The molecule has 0 radical (unpaired) electrons. The average Bonchev–Trinajstić information content (AvgIpc) is 2.71. The number of rotatable bonds is 3. The second kappa shape index (κ2) is 3.86. The second-order valence-electron chi connectivity index (χ2n) is 5.08. The number of furan rings is 1. The van der Waals surface area contributed by atoms with Crippen LogP contribution in [0.15, 0.2) is 34.9 Å². The largest absolute Gasteiger partial charge is 0.464 e. The van der Waals surface area contributed by atoms with Crippen LogP contribution in [0.5, 0.6) is 0 Å². The third-order valence-electron chi connectivity index (χ3n) is 4.26. The maximum absolute atomic E-state index is 6.42. The first kappa shape index (κ1) is 10.8. The van der Waals surface area contributed by atoms with Gasteiger partial charge in [-0.3, -0.25) is 0 Å². The van der Waals surface area contributed by atoms with Gasteiger partial charge in [0.25, 0.3) is 0 Å². The minimum atomic E-state index is -0.00935. The molecule has 0 bridgehead atoms. The highest BCUT2D eigenvalue weighted by molar-refractivity contribution is 5.81. The van der Waals surface area contributed by atoms with Crippen LogP contribution in [0.1, 0.15) is 30.9 Å². The number of fused-ring (bicyclic) bond motifs is 1. The molecule has 90 valence electrons. The molecule has 0 saturated heterocycles. The average molecular weight is 230 g/mol. The summed E-state index contributed by atoms with van der Waals surface area (Å²) in [6, 6.07) is 8.02. The summed E-state index contributed by atoms with van der Waals surface area (Å²) in [5, 5.41) is 1.12. The summed E-state index contributed by atoms with van der Waals surface area (Å²) in [5.41, 5.74) is 14.4. The highest BCUT2D eigenvalue weighted by Gasteiger charge is 2.42. The van der Waals surface area contributed by atoms with E-state index >= 15 is 0 Å². The maximum Gasteiger partial charge on any atom is 0.134 e. The van der Waals surface area contributed by atoms with Gasteiger partial charge in [0.1, 0.15) is 5.58 Å². The van der Waals surface area contributed by atoms with E-state index in [1.54, 1.807) is 6.26 Å². The summed E-state index contributed by atoms with van der Waals surface area (Å²) in [7, 11) is 0. The van der Waals surface area contributed by atoms with Crippen molar-refractivity contribution in [1.29, 1.82) is 0 Å². The molecular weight excluding hydrogens is 212 g/mol. The third-order valence-corrected chi connectivity index (χ3v) is 4.26. The van der Waals surface area contributed by atoms with E-state index in [-0.39, 0.29) is 11.5 Å². The van der Waals surface area contributed by atoms with Crippen LogP contribution >= 0.6 is 0 Å². The summed E-state index contributed by atoms with van der Waals surface area (Å²) in [5.74, 6) is 0. The molecule has 3 rings (SSSR count). The Morgan fingerprint density at radius 1 is 1.29 bits per heavy atom. The van der Waals surface area contributed by atoms with Crippen LogP contribution in [0.25, 0.3) is 11.0 Å². The van der Waals surface area contributed by atoms with Crippen molar-refractivity contribution >= 4 is 11.0 Å². The van der Waals surface area contributed by atoms with Crippen LogP contribution < -0.4 is 11.5 Å². The van der Waals surface area contributed by atoms with Crippen molar-refractivity contribution in [3.8, 4) is 0 Å². The Morgan fingerprint density at radius 3 is 2.71 bits per heavy atom. The van der Waals surface area contributed by atoms with Gasteiger partial charge < -0.3 is 15.9 Å². The fourth-order valence-corrected chi connectivity index (χ4v) is 2.84. The lowest BCUT2D eigenvalue weighted by molar-refractivity contribution is 0.105. The van der Waals surface area contributed by atoms with E-state index in [0.29, 0.717) is 6.54 Å². The molecule has 1 heterocycles. The molecule has 1 aliphatic rings. The molecule has 3 nitrogen and oxygen atoms in total. The quantitative estimate of drug-likeness (QED) is 0.851. The Morgan fingerprint density at radius 2 is 2.06 bits per heavy atom. The van der Waals surface area contributed by atoms with Gasteiger partial charge in [0.2, 0.25) is 0 Å². The fraction of sp³-hybridized carbons (Fsp3) is 0.429. The first-order chi connectivity index (χ1) is 8.27. The Labute approximate surface area is 101 Å². The highest BCUT2D eigenvalue weighted by Crippen LogP contribution is 2.49. The molecule has 2 aromatic rings. The van der Waals surface area contributed by atoms with Gasteiger partial charge >= 0.3 is 0 Å². The Hall–Kier alpha value is -1.32. The van der Waals surface area contributed by atoms with Crippen LogP contribution in [-0.2, 0) is 0 Å². The third kappa shape index (κ3) is 1.50. The molecule has 4 N–H and O–H groups in total. The van der Waals surface area contributed by atoms with Gasteiger partial charge in [-0.05, 0) is 25.5 Å². The minimum Gasteiger partial charge on any atom is -0.464 e. The van der Waals surface area contributed by atoms with E-state index < -0.39 is 0 Å². The van der Waals surface area contributed by atoms with Gasteiger partial charge in [0, 0.05) is 22.4 Å². The minimum absolute atomic E-state index is 0.00935. The zero-order valence-corrected chi connectivity index (χ0v) is 9.86. The SMILES string of the molecule is NCC1(C(N)c2coc3ccccc23)CCC1. The molecule has 1 unspecified atom stereocenters. The predicted molar refractivity (Wildman–Crippen MR) is 68.5 cm³/mol.